The van der Waals surface area contributed by atoms with E-state index in [1.165, 1.54) is 19.1 Å². The highest BCUT2D eigenvalue weighted by atomic mass is 79.9. The molecule has 0 heterocycles. The van der Waals surface area contributed by atoms with Gasteiger partial charge in [-0.1, -0.05) is 6.07 Å². The minimum absolute atomic E-state index is 0.0318. The second-order valence-electron chi connectivity index (χ2n) is 2.44. The third-order valence-corrected chi connectivity index (χ3v) is 2.13. The first kappa shape index (κ1) is 9.61. The van der Waals surface area contributed by atoms with E-state index in [0.29, 0.717) is 0 Å². The highest BCUT2D eigenvalue weighted by Crippen LogP contribution is 2.24. The monoisotopic (exact) mass is 236 g/mol. The molecule has 1 rings (SSSR count). The van der Waals surface area contributed by atoms with Gasteiger partial charge in [-0.2, -0.15) is 0 Å². The minimum Gasteiger partial charge on any atom is -0.389 e. The van der Waals surface area contributed by atoms with Crippen LogP contribution in [0.3, 0.4) is 0 Å². The van der Waals surface area contributed by atoms with E-state index in [0.717, 1.165) is 0 Å². The lowest BCUT2D eigenvalue weighted by Gasteiger charge is -2.06. The summed E-state index contributed by atoms with van der Waals surface area (Å²) < 4.78 is 25.8. The van der Waals surface area contributed by atoms with Gasteiger partial charge in [0.15, 0.2) is 11.6 Å². The second kappa shape index (κ2) is 3.49. The molecule has 1 aromatic carbocycles. The van der Waals surface area contributed by atoms with Gasteiger partial charge in [0.1, 0.15) is 0 Å². The molecule has 0 radical (unpaired) electrons. The van der Waals surface area contributed by atoms with E-state index in [1.54, 1.807) is 0 Å². The molecule has 12 heavy (non-hydrogen) atoms. The number of hydrogen-bond acceptors (Lipinski definition) is 1. The van der Waals surface area contributed by atoms with Crippen LogP contribution in [-0.2, 0) is 0 Å². The Balaban J connectivity index is 3.27. The van der Waals surface area contributed by atoms with Crippen LogP contribution in [0.2, 0.25) is 0 Å². The first-order valence-electron chi connectivity index (χ1n) is 3.35. The van der Waals surface area contributed by atoms with Gasteiger partial charge in [-0.3, -0.25) is 0 Å². The van der Waals surface area contributed by atoms with Gasteiger partial charge in [0, 0.05) is 5.56 Å². The molecule has 0 bridgehead atoms. The second-order valence-corrected chi connectivity index (χ2v) is 3.29. The number of rotatable bonds is 1. The van der Waals surface area contributed by atoms with Crippen LogP contribution in [0.25, 0.3) is 0 Å². The predicted octanol–water partition coefficient (Wildman–Crippen LogP) is 2.78. The number of benzene rings is 1. The summed E-state index contributed by atoms with van der Waals surface area (Å²) in [6.45, 7) is 1.38. The SMILES string of the molecule is CC(O)c1ccc(Br)c(F)c1F. The maximum absolute atomic E-state index is 12.9. The molecule has 0 saturated heterocycles. The Morgan fingerprint density at radius 2 is 1.92 bits per heavy atom. The van der Waals surface area contributed by atoms with Crippen molar-refractivity contribution in [3.63, 3.8) is 0 Å². The summed E-state index contributed by atoms with van der Waals surface area (Å²) in [6.07, 6.45) is -0.993. The predicted molar refractivity (Wildman–Crippen MR) is 44.7 cm³/mol. The smallest absolute Gasteiger partial charge is 0.173 e. The third-order valence-electron chi connectivity index (χ3n) is 1.52. The summed E-state index contributed by atoms with van der Waals surface area (Å²) in [5.74, 6) is -1.97. The van der Waals surface area contributed by atoms with Crippen molar-refractivity contribution in [3.05, 3.63) is 33.8 Å². The molecule has 0 amide bonds. The molecule has 1 nitrogen and oxygen atoms in total. The van der Waals surface area contributed by atoms with Crippen molar-refractivity contribution < 1.29 is 13.9 Å². The highest BCUT2D eigenvalue weighted by molar-refractivity contribution is 9.10. The average molecular weight is 237 g/mol. The van der Waals surface area contributed by atoms with Gasteiger partial charge < -0.3 is 5.11 Å². The number of hydrogen-bond donors (Lipinski definition) is 1. The van der Waals surface area contributed by atoms with E-state index >= 15 is 0 Å². The maximum Gasteiger partial charge on any atom is 0.173 e. The Kier molecular flexibility index (Phi) is 2.80. The Morgan fingerprint density at radius 1 is 1.33 bits per heavy atom. The number of aliphatic hydroxyl groups is 1. The zero-order valence-corrected chi connectivity index (χ0v) is 7.90. The summed E-state index contributed by atoms with van der Waals surface area (Å²) >= 11 is 2.83. The van der Waals surface area contributed by atoms with Gasteiger partial charge in [-0.25, -0.2) is 8.78 Å². The molecular formula is C8H7BrF2O. The molecule has 1 aromatic rings. The van der Waals surface area contributed by atoms with Gasteiger partial charge in [0.25, 0.3) is 0 Å². The van der Waals surface area contributed by atoms with Crippen LogP contribution in [0.15, 0.2) is 16.6 Å². The zero-order valence-electron chi connectivity index (χ0n) is 6.31. The Morgan fingerprint density at radius 3 is 2.42 bits per heavy atom. The van der Waals surface area contributed by atoms with Crippen LogP contribution < -0.4 is 0 Å². The lowest BCUT2D eigenvalue weighted by atomic mass is 10.1. The van der Waals surface area contributed by atoms with Crippen LogP contribution in [0.4, 0.5) is 8.78 Å². The van der Waals surface area contributed by atoms with Crippen LogP contribution in [0, 0.1) is 11.6 Å². The van der Waals surface area contributed by atoms with Crippen molar-refractivity contribution in [2.75, 3.05) is 0 Å². The molecule has 0 spiro atoms. The summed E-state index contributed by atoms with van der Waals surface area (Å²) in [4.78, 5) is 0. The largest absolute Gasteiger partial charge is 0.389 e. The molecule has 66 valence electrons. The summed E-state index contributed by atoms with van der Waals surface area (Å²) in [7, 11) is 0. The average Bonchev–Trinajstić information content (AvgIpc) is 2.00. The van der Waals surface area contributed by atoms with Gasteiger partial charge in [0.05, 0.1) is 10.6 Å². The summed E-state index contributed by atoms with van der Waals surface area (Å²) in [5, 5.41) is 9.00. The summed E-state index contributed by atoms with van der Waals surface area (Å²) in [5.41, 5.74) is -0.0318. The molecule has 4 heteroatoms. The number of halogens is 3. The standard InChI is InChI=1S/C8H7BrF2O/c1-4(12)5-2-3-6(9)8(11)7(5)10/h2-4,12H,1H3. The normalized spacial score (nSPS) is 13.1. The highest BCUT2D eigenvalue weighted by Gasteiger charge is 2.14. The van der Waals surface area contributed by atoms with Crippen molar-refractivity contribution in [1.82, 2.24) is 0 Å². The van der Waals surface area contributed by atoms with E-state index in [2.05, 4.69) is 15.9 Å². The van der Waals surface area contributed by atoms with E-state index in [9.17, 15) is 8.78 Å². The van der Waals surface area contributed by atoms with Crippen LogP contribution >= 0.6 is 15.9 Å². The fourth-order valence-electron chi connectivity index (χ4n) is 0.863. The Labute approximate surface area is 77.2 Å². The zero-order chi connectivity index (χ0) is 9.30. The molecule has 0 aliphatic carbocycles. The summed E-state index contributed by atoms with van der Waals surface area (Å²) in [6, 6.07) is 2.70. The fraction of sp³-hybridized carbons (Fsp3) is 0.250. The molecule has 0 fully saturated rings. The van der Waals surface area contributed by atoms with E-state index in [1.807, 2.05) is 0 Å². The van der Waals surface area contributed by atoms with Crippen molar-refractivity contribution in [2.45, 2.75) is 13.0 Å². The molecule has 0 aliphatic rings. The van der Waals surface area contributed by atoms with Crippen LogP contribution in [0.1, 0.15) is 18.6 Å². The van der Waals surface area contributed by atoms with Gasteiger partial charge in [0.2, 0.25) is 0 Å². The molecule has 1 N–H and O–H groups in total. The minimum atomic E-state index is -1.00. The van der Waals surface area contributed by atoms with Crippen LogP contribution in [-0.4, -0.2) is 5.11 Å². The molecular weight excluding hydrogens is 230 g/mol. The van der Waals surface area contributed by atoms with E-state index in [-0.39, 0.29) is 10.0 Å². The number of aliphatic hydroxyl groups excluding tert-OH is 1. The Hall–Kier alpha value is -0.480. The molecule has 1 unspecified atom stereocenters. The van der Waals surface area contributed by atoms with Gasteiger partial charge >= 0.3 is 0 Å². The Bertz CT molecular complexity index is 299. The first-order valence-corrected chi connectivity index (χ1v) is 4.14. The van der Waals surface area contributed by atoms with E-state index in [4.69, 9.17) is 5.11 Å². The molecule has 0 aliphatic heterocycles. The molecule has 0 saturated carbocycles. The van der Waals surface area contributed by atoms with Gasteiger partial charge in [-0.05, 0) is 28.9 Å². The topological polar surface area (TPSA) is 20.2 Å². The fourth-order valence-corrected chi connectivity index (χ4v) is 1.17. The lowest BCUT2D eigenvalue weighted by Crippen LogP contribution is -1.98. The van der Waals surface area contributed by atoms with Crippen molar-refractivity contribution >= 4 is 15.9 Å². The third kappa shape index (κ3) is 1.64. The maximum atomic E-state index is 12.9. The molecule has 1 atom stereocenters. The van der Waals surface area contributed by atoms with E-state index < -0.39 is 17.7 Å². The van der Waals surface area contributed by atoms with Crippen molar-refractivity contribution in [2.24, 2.45) is 0 Å². The first-order chi connectivity index (χ1) is 5.54. The van der Waals surface area contributed by atoms with Gasteiger partial charge in [-0.15, -0.1) is 0 Å². The quantitative estimate of drug-likeness (QED) is 0.744. The van der Waals surface area contributed by atoms with Crippen molar-refractivity contribution in [3.8, 4) is 0 Å². The molecule has 0 aromatic heterocycles. The van der Waals surface area contributed by atoms with Crippen molar-refractivity contribution in [1.29, 1.82) is 0 Å². The lowest BCUT2D eigenvalue weighted by molar-refractivity contribution is 0.192. The van der Waals surface area contributed by atoms with Crippen LogP contribution in [0.5, 0.6) is 0 Å².